The van der Waals surface area contributed by atoms with Gasteiger partial charge in [0.15, 0.2) is 11.5 Å². The Bertz CT molecular complexity index is 722. The first-order chi connectivity index (χ1) is 12.5. The molecule has 0 saturated heterocycles. The lowest BCUT2D eigenvalue weighted by molar-refractivity contribution is 0.277. The average molecular weight is 417 g/mol. The summed E-state index contributed by atoms with van der Waals surface area (Å²) in [6.45, 7) is 6.64. The van der Waals surface area contributed by atoms with Gasteiger partial charge in [0.1, 0.15) is 0 Å². The van der Waals surface area contributed by atoms with Gasteiger partial charge in [0, 0.05) is 16.6 Å². The van der Waals surface area contributed by atoms with Crippen LogP contribution in [-0.2, 0) is 13.0 Å². The highest BCUT2D eigenvalue weighted by molar-refractivity contribution is 6.35. The highest BCUT2D eigenvalue weighted by Gasteiger charge is 2.12. The van der Waals surface area contributed by atoms with Crippen LogP contribution in [0, 0.1) is 0 Å². The highest BCUT2D eigenvalue weighted by atomic mass is 35.5. The van der Waals surface area contributed by atoms with Crippen molar-refractivity contribution in [3.8, 4) is 11.5 Å². The van der Waals surface area contributed by atoms with Crippen LogP contribution >= 0.6 is 34.8 Å². The van der Waals surface area contributed by atoms with Crippen molar-refractivity contribution in [2.24, 2.45) is 0 Å². The van der Waals surface area contributed by atoms with Crippen molar-refractivity contribution >= 4 is 34.8 Å². The van der Waals surface area contributed by atoms with Crippen molar-refractivity contribution in [3.05, 3.63) is 56.5 Å². The molecule has 26 heavy (non-hydrogen) atoms. The van der Waals surface area contributed by atoms with Crippen LogP contribution in [0.4, 0.5) is 0 Å². The lowest BCUT2D eigenvalue weighted by Crippen LogP contribution is -2.17. The smallest absolute Gasteiger partial charge is 0.179 e. The summed E-state index contributed by atoms with van der Waals surface area (Å²) in [5.41, 5.74) is 2.12. The van der Waals surface area contributed by atoms with Crippen LogP contribution in [0.2, 0.25) is 15.1 Å². The molecule has 2 rings (SSSR count). The zero-order chi connectivity index (χ0) is 18.9. The van der Waals surface area contributed by atoms with Gasteiger partial charge >= 0.3 is 0 Å². The van der Waals surface area contributed by atoms with Gasteiger partial charge in [-0.25, -0.2) is 0 Å². The maximum absolute atomic E-state index is 6.39. The minimum Gasteiger partial charge on any atom is -0.490 e. The Morgan fingerprint density at radius 1 is 0.962 bits per heavy atom. The average Bonchev–Trinajstić information content (AvgIpc) is 2.60. The van der Waals surface area contributed by atoms with E-state index in [1.54, 1.807) is 6.07 Å². The number of nitrogens with one attached hydrogen (secondary N) is 1. The van der Waals surface area contributed by atoms with Gasteiger partial charge in [0.2, 0.25) is 0 Å². The molecule has 3 nitrogen and oxygen atoms in total. The molecule has 2 aromatic carbocycles. The van der Waals surface area contributed by atoms with Crippen LogP contribution in [0.3, 0.4) is 0 Å². The molecule has 0 heterocycles. The first-order valence-corrected chi connectivity index (χ1v) is 9.91. The molecule has 1 N–H and O–H groups in total. The fourth-order valence-corrected chi connectivity index (χ4v) is 3.30. The van der Waals surface area contributed by atoms with Gasteiger partial charge in [0.05, 0.1) is 18.2 Å². The van der Waals surface area contributed by atoms with Crippen molar-refractivity contribution in [2.75, 3.05) is 19.8 Å². The summed E-state index contributed by atoms with van der Waals surface area (Å²) in [6, 6.07) is 9.46. The summed E-state index contributed by atoms with van der Waals surface area (Å²) in [7, 11) is 0. The number of hydrogen-bond donors (Lipinski definition) is 1. The van der Waals surface area contributed by atoms with Gasteiger partial charge in [-0.1, -0.05) is 47.8 Å². The molecule has 0 fully saturated rings. The molecular weight excluding hydrogens is 393 g/mol. The largest absolute Gasteiger partial charge is 0.490 e. The zero-order valence-electron chi connectivity index (χ0n) is 15.1. The quantitative estimate of drug-likeness (QED) is 0.470. The Morgan fingerprint density at radius 2 is 1.77 bits per heavy atom. The van der Waals surface area contributed by atoms with E-state index in [0.29, 0.717) is 46.3 Å². The number of rotatable bonds is 10. The lowest BCUT2D eigenvalue weighted by Gasteiger charge is -2.15. The van der Waals surface area contributed by atoms with Crippen LogP contribution in [-0.4, -0.2) is 19.8 Å². The standard InChI is InChI=1S/C20H24Cl3NO2/c1-3-9-26-20-18(23)10-14(11-19(20)25-4-2)13-24-8-7-15-5-6-16(21)12-17(15)22/h5-6,10-12,24H,3-4,7-9,13H2,1-2H3. The molecule has 0 atom stereocenters. The van der Waals surface area contributed by atoms with Crippen LogP contribution in [0.5, 0.6) is 11.5 Å². The Balaban J connectivity index is 1.96. The molecule has 142 valence electrons. The summed E-state index contributed by atoms with van der Waals surface area (Å²) in [6.07, 6.45) is 1.73. The molecule has 6 heteroatoms. The van der Waals surface area contributed by atoms with Gasteiger partial charge < -0.3 is 14.8 Å². The lowest BCUT2D eigenvalue weighted by atomic mass is 10.1. The van der Waals surface area contributed by atoms with Gasteiger partial charge in [0.25, 0.3) is 0 Å². The Morgan fingerprint density at radius 3 is 2.46 bits per heavy atom. The molecule has 0 amide bonds. The van der Waals surface area contributed by atoms with E-state index in [1.807, 2.05) is 31.2 Å². The van der Waals surface area contributed by atoms with Crippen molar-refractivity contribution in [1.29, 1.82) is 0 Å². The highest BCUT2D eigenvalue weighted by Crippen LogP contribution is 2.36. The minimum atomic E-state index is 0.560. The Labute approximate surface area is 170 Å². The van der Waals surface area contributed by atoms with E-state index in [2.05, 4.69) is 12.2 Å². The van der Waals surface area contributed by atoms with Crippen LogP contribution in [0.25, 0.3) is 0 Å². The SMILES string of the molecule is CCCOc1c(Cl)cc(CNCCc2ccc(Cl)cc2Cl)cc1OCC. The second-order valence-electron chi connectivity index (χ2n) is 5.85. The molecule has 2 aromatic rings. The third-order valence-electron chi connectivity index (χ3n) is 3.74. The maximum Gasteiger partial charge on any atom is 0.179 e. The molecule has 0 aliphatic carbocycles. The van der Waals surface area contributed by atoms with Gasteiger partial charge in [-0.2, -0.15) is 0 Å². The fourth-order valence-electron chi connectivity index (χ4n) is 2.51. The topological polar surface area (TPSA) is 30.5 Å². The molecule has 0 aromatic heterocycles. The number of ether oxygens (including phenoxy) is 2. The maximum atomic E-state index is 6.39. The molecule has 0 bridgehead atoms. The molecule has 0 aliphatic heterocycles. The normalized spacial score (nSPS) is 10.8. The Hall–Kier alpha value is -1.13. The van der Waals surface area contributed by atoms with E-state index in [9.17, 15) is 0 Å². The summed E-state index contributed by atoms with van der Waals surface area (Å²) in [5.74, 6) is 1.30. The second-order valence-corrected chi connectivity index (χ2v) is 7.10. The fraction of sp³-hybridized carbons (Fsp3) is 0.400. The predicted octanol–water partition coefficient (Wildman–Crippen LogP) is 6.17. The van der Waals surface area contributed by atoms with Gasteiger partial charge in [-0.05, 0) is 61.7 Å². The van der Waals surface area contributed by atoms with E-state index >= 15 is 0 Å². The van der Waals surface area contributed by atoms with E-state index in [4.69, 9.17) is 44.3 Å². The molecule has 0 unspecified atom stereocenters. The third-order valence-corrected chi connectivity index (χ3v) is 4.60. The molecule has 0 aliphatic rings. The summed E-state index contributed by atoms with van der Waals surface area (Å²) < 4.78 is 11.4. The molecule has 0 spiro atoms. The van der Waals surface area contributed by atoms with Crippen LogP contribution < -0.4 is 14.8 Å². The zero-order valence-corrected chi connectivity index (χ0v) is 17.3. The number of halogens is 3. The van der Waals surface area contributed by atoms with E-state index in [1.165, 1.54) is 0 Å². The summed E-state index contributed by atoms with van der Waals surface area (Å²) >= 11 is 18.5. The summed E-state index contributed by atoms with van der Waals surface area (Å²) in [4.78, 5) is 0. The third kappa shape index (κ3) is 6.24. The monoisotopic (exact) mass is 415 g/mol. The molecule has 0 radical (unpaired) electrons. The minimum absolute atomic E-state index is 0.560. The second kappa shape index (κ2) is 10.9. The van der Waals surface area contributed by atoms with Gasteiger partial charge in [-0.15, -0.1) is 0 Å². The van der Waals surface area contributed by atoms with E-state index < -0.39 is 0 Å². The van der Waals surface area contributed by atoms with E-state index in [-0.39, 0.29) is 0 Å². The first kappa shape index (κ1) is 21.2. The van der Waals surface area contributed by atoms with Crippen LogP contribution in [0.15, 0.2) is 30.3 Å². The molecular formula is C20H24Cl3NO2. The van der Waals surface area contributed by atoms with Crippen molar-refractivity contribution < 1.29 is 9.47 Å². The van der Waals surface area contributed by atoms with Crippen molar-refractivity contribution in [3.63, 3.8) is 0 Å². The predicted molar refractivity (Wildman–Crippen MR) is 110 cm³/mol. The van der Waals surface area contributed by atoms with Crippen LogP contribution in [0.1, 0.15) is 31.4 Å². The van der Waals surface area contributed by atoms with E-state index in [0.717, 1.165) is 30.5 Å². The first-order valence-electron chi connectivity index (χ1n) is 8.77. The van der Waals surface area contributed by atoms with Crippen molar-refractivity contribution in [1.82, 2.24) is 5.32 Å². The van der Waals surface area contributed by atoms with Crippen molar-refractivity contribution in [2.45, 2.75) is 33.2 Å². The number of benzene rings is 2. The summed E-state index contributed by atoms with van der Waals surface area (Å²) in [5, 5.41) is 5.32. The molecule has 0 saturated carbocycles. The number of hydrogen-bond acceptors (Lipinski definition) is 3. The Kier molecular flexibility index (Phi) is 8.86. The van der Waals surface area contributed by atoms with Gasteiger partial charge in [-0.3, -0.25) is 0 Å².